The van der Waals surface area contributed by atoms with Gasteiger partial charge in [-0.1, -0.05) is 0 Å². The zero-order chi connectivity index (χ0) is 23.5. The van der Waals surface area contributed by atoms with Crippen molar-refractivity contribution in [1.82, 2.24) is 0 Å². The molecule has 1 saturated carbocycles. The van der Waals surface area contributed by atoms with Crippen LogP contribution in [-0.2, 0) is 29.3 Å². The Morgan fingerprint density at radius 3 is 2.58 bits per heavy atom. The summed E-state index contributed by atoms with van der Waals surface area (Å²) in [5.74, 6) is -0.146. The van der Waals surface area contributed by atoms with Crippen LogP contribution in [0.3, 0.4) is 0 Å². The number of halogens is 1. The van der Waals surface area contributed by atoms with Crippen molar-refractivity contribution in [3.63, 3.8) is 0 Å². The van der Waals surface area contributed by atoms with Crippen LogP contribution in [0.1, 0.15) is 77.7 Å². The van der Waals surface area contributed by atoms with Crippen LogP contribution < -0.4 is 4.74 Å². The minimum atomic E-state index is -0.506. The van der Waals surface area contributed by atoms with E-state index in [9.17, 15) is 9.18 Å². The molecule has 3 saturated heterocycles. The van der Waals surface area contributed by atoms with Gasteiger partial charge in [0.2, 0.25) is 0 Å². The number of hydrogen-bond acceptors (Lipinski definition) is 6. The van der Waals surface area contributed by atoms with E-state index in [1.807, 2.05) is 26.8 Å². The zero-order valence-corrected chi connectivity index (χ0v) is 20.1. The molecule has 184 valence electrons. The minimum absolute atomic E-state index is 0.0328. The van der Waals surface area contributed by atoms with Crippen LogP contribution in [0.15, 0.2) is 18.2 Å². The van der Waals surface area contributed by atoms with Gasteiger partial charge in [-0.2, -0.15) is 0 Å². The molecule has 5 rings (SSSR count). The van der Waals surface area contributed by atoms with Crippen molar-refractivity contribution in [2.75, 3.05) is 26.4 Å². The van der Waals surface area contributed by atoms with Crippen molar-refractivity contribution in [2.45, 2.75) is 89.6 Å². The van der Waals surface area contributed by atoms with Crippen molar-refractivity contribution in [2.24, 2.45) is 5.41 Å². The lowest BCUT2D eigenvalue weighted by Gasteiger charge is -2.53. The van der Waals surface area contributed by atoms with E-state index >= 15 is 0 Å². The number of carbonyl (C=O) groups excluding carboxylic acids is 1. The first kappa shape index (κ1) is 24.4. The molecule has 0 spiro atoms. The van der Waals surface area contributed by atoms with Crippen LogP contribution >= 0.6 is 0 Å². The normalized spacial score (nSPS) is 29.6. The molecule has 3 aliphatic heterocycles. The van der Waals surface area contributed by atoms with E-state index in [0.29, 0.717) is 25.6 Å². The molecule has 4 aliphatic rings. The predicted octanol–water partition coefficient (Wildman–Crippen LogP) is 5.27. The lowest BCUT2D eigenvalue weighted by Crippen LogP contribution is -2.49. The van der Waals surface area contributed by atoms with Gasteiger partial charge >= 0.3 is 5.97 Å². The summed E-state index contributed by atoms with van der Waals surface area (Å²) in [7, 11) is 0. The minimum Gasteiger partial charge on any atom is -0.465 e. The number of ether oxygens (including phenoxy) is 5. The molecule has 6 nitrogen and oxygen atoms in total. The van der Waals surface area contributed by atoms with Crippen LogP contribution in [0, 0.1) is 11.2 Å². The molecule has 2 bridgehead atoms. The lowest BCUT2D eigenvalue weighted by atomic mass is 9.63. The number of fused-ring (bicyclic) bond motifs is 3. The smallest absolute Gasteiger partial charge is 0.332 e. The number of hydrogen-bond donors (Lipinski definition) is 0. The van der Waals surface area contributed by atoms with E-state index in [4.69, 9.17) is 23.7 Å². The number of rotatable bonds is 8. The van der Waals surface area contributed by atoms with Gasteiger partial charge < -0.3 is 23.7 Å². The molecular weight excluding hydrogens is 427 g/mol. The van der Waals surface area contributed by atoms with Gasteiger partial charge in [0.05, 0.1) is 18.8 Å². The first-order valence-electron chi connectivity index (χ1n) is 12.2. The molecule has 3 heterocycles. The van der Waals surface area contributed by atoms with Gasteiger partial charge in [0.1, 0.15) is 23.8 Å². The molecule has 4 fully saturated rings. The Bertz CT molecular complexity index is 802. The topological polar surface area (TPSA) is 63.2 Å². The lowest BCUT2D eigenvalue weighted by molar-refractivity contribution is -0.195. The standard InChI is InChI=1S/C26H37FO6/c1-24(2,3)33-22(28)17-29-13-11-25-7-9-26(10-8-25,31-18-25)19-14-20(27)16-21(15-19)32-23-6-4-5-12-30-23/h14-16,23H,4-13,17-18H2,1-3H3. The van der Waals surface area contributed by atoms with Crippen molar-refractivity contribution in [3.8, 4) is 5.75 Å². The molecule has 7 heteroatoms. The molecule has 1 unspecified atom stereocenters. The van der Waals surface area contributed by atoms with E-state index in [-0.39, 0.29) is 30.1 Å². The Balaban J connectivity index is 1.31. The molecule has 1 atom stereocenters. The van der Waals surface area contributed by atoms with E-state index in [1.54, 1.807) is 6.07 Å². The monoisotopic (exact) mass is 464 g/mol. The molecule has 33 heavy (non-hydrogen) atoms. The van der Waals surface area contributed by atoms with E-state index in [1.165, 1.54) is 6.07 Å². The van der Waals surface area contributed by atoms with Gasteiger partial charge in [0.25, 0.3) is 0 Å². The van der Waals surface area contributed by atoms with Crippen LogP contribution in [0.2, 0.25) is 0 Å². The van der Waals surface area contributed by atoms with Crippen LogP contribution in [0.5, 0.6) is 5.75 Å². The summed E-state index contributed by atoms with van der Waals surface area (Å²) in [5.41, 5.74) is -0.0675. The average Bonchev–Trinajstić information content (AvgIpc) is 2.77. The molecule has 0 radical (unpaired) electrons. The summed E-state index contributed by atoms with van der Waals surface area (Å²) in [6.45, 7) is 7.29. The third kappa shape index (κ3) is 6.25. The van der Waals surface area contributed by atoms with E-state index < -0.39 is 11.2 Å². The van der Waals surface area contributed by atoms with Gasteiger partial charge in [-0.05, 0) is 88.8 Å². The molecule has 1 aliphatic carbocycles. The quantitative estimate of drug-likeness (QED) is 0.386. The second-order valence-corrected chi connectivity index (χ2v) is 10.8. The Kier molecular flexibility index (Phi) is 7.32. The van der Waals surface area contributed by atoms with Gasteiger partial charge in [0, 0.05) is 19.1 Å². The van der Waals surface area contributed by atoms with Crippen LogP contribution in [0.4, 0.5) is 4.39 Å². The fraction of sp³-hybridized carbons (Fsp3) is 0.731. The van der Waals surface area contributed by atoms with Gasteiger partial charge in [-0.15, -0.1) is 0 Å². The second kappa shape index (κ2) is 9.88. The summed E-state index contributed by atoms with van der Waals surface area (Å²) in [6.07, 6.45) is 7.10. The average molecular weight is 465 g/mol. The van der Waals surface area contributed by atoms with Crippen molar-refractivity contribution >= 4 is 5.97 Å². The maximum absolute atomic E-state index is 14.5. The predicted molar refractivity (Wildman–Crippen MR) is 120 cm³/mol. The fourth-order valence-corrected chi connectivity index (χ4v) is 5.12. The highest BCUT2D eigenvalue weighted by atomic mass is 19.1. The van der Waals surface area contributed by atoms with Crippen LogP contribution in [-0.4, -0.2) is 44.3 Å². The third-order valence-electron chi connectivity index (χ3n) is 6.99. The summed E-state index contributed by atoms with van der Waals surface area (Å²) < 4.78 is 43.3. The van der Waals surface area contributed by atoms with Gasteiger partial charge in [-0.25, -0.2) is 9.18 Å². The van der Waals surface area contributed by atoms with Gasteiger partial charge in [0.15, 0.2) is 6.29 Å². The third-order valence-corrected chi connectivity index (χ3v) is 6.99. The maximum atomic E-state index is 14.5. The molecule has 0 N–H and O–H groups in total. The summed E-state index contributed by atoms with van der Waals surface area (Å²) >= 11 is 0. The largest absolute Gasteiger partial charge is 0.465 e. The Morgan fingerprint density at radius 2 is 1.94 bits per heavy atom. The van der Waals surface area contributed by atoms with E-state index in [2.05, 4.69) is 0 Å². The Morgan fingerprint density at radius 1 is 1.15 bits per heavy atom. The SMILES string of the molecule is CC(C)(C)OC(=O)COCCC12CCC(c3cc(F)cc(OC4CCCCO4)c3)(CC1)OC2. The summed E-state index contributed by atoms with van der Waals surface area (Å²) in [6, 6.07) is 4.93. The Hall–Kier alpha value is -1.70. The van der Waals surface area contributed by atoms with Crippen molar-refractivity contribution in [3.05, 3.63) is 29.6 Å². The first-order chi connectivity index (χ1) is 15.7. The number of carbonyl (C=O) groups is 1. The molecule has 1 aromatic carbocycles. The molecule has 0 amide bonds. The van der Waals surface area contributed by atoms with Crippen molar-refractivity contribution in [1.29, 1.82) is 0 Å². The Labute approximate surface area is 196 Å². The van der Waals surface area contributed by atoms with Gasteiger partial charge in [-0.3, -0.25) is 0 Å². The highest BCUT2D eigenvalue weighted by molar-refractivity contribution is 5.71. The number of esters is 1. The fourth-order valence-electron chi connectivity index (χ4n) is 5.12. The first-order valence-corrected chi connectivity index (χ1v) is 12.2. The number of benzene rings is 1. The molecule has 0 aromatic heterocycles. The van der Waals surface area contributed by atoms with Crippen molar-refractivity contribution < 1.29 is 32.9 Å². The summed E-state index contributed by atoms with van der Waals surface area (Å²) in [5, 5.41) is 0. The zero-order valence-electron chi connectivity index (χ0n) is 20.1. The molecular formula is C26H37FO6. The molecule has 1 aromatic rings. The second-order valence-electron chi connectivity index (χ2n) is 10.8. The highest BCUT2D eigenvalue weighted by Gasteiger charge is 2.50. The maximum Gasteiger partial charge on any atom is 0.332 e. The van der Waals surface area contributed by atoms with Crippen LogP contribution in [0.25, 0.3) is 0 Å². The highest BCUT2D eigenvalue weighted by Crippen LogP contribution is 2.55. The van der Waals surface area contributed by atoms with E-state index in [0.717, 1.165) is 56.9 Å². The summed E-state index contributed by atoms with van der Waals surface area (Å²) in [4.78, 5) is 11.8.